The molecule has 0 aromatic heterocycles. The van der Waals surface area contributed by atoms with Gasteiger partial charge in [-0.15, -0.1) is 0 Å². The number of hydrogen-bond acceptors (Lipinski definition) is 5. The van der Waals surface area contributed by atoms with Crippen molar-refractivity contribution in [2.75, 3.05) is 31.7 Å². The minimum atomic E-state index is -0.279. The van der Waals surface area contributed by atoms with Crippen LogP contribution in [0.1, 0.15) is 32.1 Å². The van der Waals surface area contributed by atoms with Crippen LogP contribution in [0.15, 0.2) is 18.2 Å². The van der Waals surface area contributed by atoms with Gasteiger partial charge in [-0.1, -0.05) is 0 Å². The highest BCUT2D eigenvalue weighted by atomic mass is 16.6. The predicted octanol–water partition coefficient (Wildman–Crippen LogP) is 1.55. The number of carbonyl (C=O) groups excluding carboxylic acids is 2. The second kappa shape index (κ2) is 6.95. The first-order chi connectivity index (χ1) is 13.6. The highest BCUT2D eigenvalue weighted by molar-refractivity contribution is 6.00. The first-order valence-electron chi connectivity index (χ1n) is 10.3. The van der Waals surface area contributed by atoms with Crippen molar-refractivity contribution in [3.63, 3.8) is 0 Å². The molecule has 2 amide bonds. The summed E-state index contributed by atoms with van der Waals surface area (Å²) in [6.45, 7) is 1.48. The summed E-state index contributed by atoms with van der Waals surface area (Å²) in [6.07, 6.45) is 4.73. The highest BCUT2D eigenvalue weighted by Crippen LogP contribution is 2.36. The third kappa shape index (κ3) is 3.11. The highest BCUT2D eigenvalue weighted by Gasteiger charge is 2.41. The lowest BCUT2D eigenvalue weighted by Crippen LogP contribution is -2.50. The fourth-order valence-corrected chi connectivity index (χ4v) is 5.13. The van der Waals surface area contributed by atoms with E-state index >= 15 is 0 Å². The second-order valence-corrected chi connectivity index (χ2v) is 8.45. The molecule has 4 aliphatic heterocycles. The van der Waals surface area contributed by atoms with Crippen molar-refractivity contribution in [1.29, 1.82) is 0 Å². The van der Waals surface area contributed by atoms with E-state index in [1.807, 2.05) is 30.1 Å². The van der Waals surface area contributed by atoms with Crippen molar-refractivity contribution in [2.24, 2.45) is 5.92 Å². The van der Waals surface area contributed by atoms with E-state index in [1.165, 1.54) is 12.8 Å². The van der Waals surface area contributed by atoms with Crippen molar-refractivity contribution in [1.82, 2.24) is 10.2 Å². The van der Waals surface area contributed by atoms with Crippen molar-refractivity contribution in [3.05, 3.63) is 18.2 Å². The molecule has 2 bridgehead atoms. The lowest BCUT2D eigenvalue weighted by atomic mass is 9.97. The molecule has 0 radical (unpaired) electrons. The zero-order valence-electron chi connectivity index (χ0n) is 16.2. The van der Waals surface area contributed by atoms with E-state index in [2.05, 4.69) is 5.32 Å². The molecule has 4 aliphatic rings. The average Bonchev–Trinajstić information content (AvgIpc) is 3.27. The van der Waals surface area contributed by atoms with Crippen LogP contribution in [0.2, 0.25) is 0 Å². The number of benzene rings is 1. The molecular formula is C21H27N3O4. The molecule has 0 aliphatic carbocycles. The van der Waals surface area contributed by atoms with E-state index in [1.54, 1.807) is 4.90 Å². The Bertz CT molecular complexity index is 786. The first-order valence-corrected chi connectivity index (χ1v) is 10.3. The van der Waals surface area contributed by atoms with Gasteiger partial charge in [-0.05, 0) is 37.8 Å². The van der Waals surface area contributed by atoms with Crippen molar-refractivity contribution < 1.29 is 19.1 Å². The molecular weight excluding hydrogens is 358 g/mol. The number of fused-ring (bicyclic) bond motifs is 3. The maximum absolute atomic E-state index is 13.1. The van der Waals surface area contributed by atoms with Crippen molar-refractivity contribution in [3.8, 4) is 11.5 Å². The molecule has 3 saturated heterocycles. The molecule has 3 unspecified atom stereocenters. The Balaban J connectivity index is 1.27. The SMILES string of the molecule is CN(C(=O)C1CC(=O)N(c2ccc3c(c2)OCCO3)C1)C1CC2CCC(C1)N2. The Labute approximate surface area is 165 Å². The Morgan fingerprint density at radius 3 is 2.61 bits per heavy atom. The summed E-state index contributed by atoms with van der Waals surface area (Å²) in [5, 5.41) is 3.62. The van der Waals surface area contributed by atoms with E-state index in [-0.39, 0.29) is 30.2 Å². The largest absolute Gasteiger partial charge is 0.486 e. The van der Waals surface area contributed by atoms with Gasteiger partial charge in [0.2, 0.25) is 11.8 Å². The quantitative estimate of drug-likeness (QED) is 0.855. The minimum Gasteiger partial charge on any atom is -0.486 e. The van der Waals surface area contributed by atoms with Gasteiger partial charge in [0, 0.05) is 49.9 Å². The molecule has 1 aromatic rings. The summed E-state index contributed by atoms with van der Waals surface area (Å²) in [5.74, 6) is 1.18. The van der Waals surface area contributed by atoms with Gasteiger partial charge in [-0.3, -0.25) is 9.59 Å². The first kappa shape index (κ1) is 17.8. The number of rotatable bonds is 3. The van der Waals surface area contributed by atoms with Crippen molar-refractivity contribution >= 4 is 17.5 Å². The zero-order chi connectivity index (χ0) is 19.3. The number of nitrogens with one attached hydrogen (secondary N) is 1. The molecule has 28 heavy (non-hydrogen) atoms. The average molecular weight is 385 g/mol. The number of amides is 2. The Hall–Kier alpha value is -2.28. The fraction of sp³-hybridized carbons (Fsp3) is 0.619. The smallest absolute Gasteiger partial charge is 0.228 e. The molecule has 7 nitrogen and oxygen atoms in total. The third-order valence-corrected chi connectivity index (χ3v) is 6.66. The number of carbonyl (C=O) groups is 2. The monoisotopic (exact) mass is 385 g/mol. The Morgan fingerprint density at radius 1 is 1.14 bits per heavy atom. The van der Waals surface area contributed by atoms with Crippen LogP contribution < -0.4 is 19.7 Å². The number of piperidine rings is 1. The molecule has 3 atom stereocenters. The molecule has 4 heterocycles. The number of ether oxygens (including phenoxy) is 2. The maximum atomic E-state index is 13.1. The van der Waals surface area contributed by atoms with Crippen LogP contribution in [0, 0.1) is 5.92 Å². The van der Waals surface area contributed by atoms with Gasteiger partial charge in [-0.2, -0.15) is 0 Å². The standard InChI is InChI=1S/C21H27N3O4/c1-23(17-9-14-2-3-15(10-17)22-14)21(26)13-8-20(25)24(12-13)16-4-5-18-19(11-16)28-7-6-27-18/h4-5,11,13-15,17,22H,2-3,6-10,12H2,1H3. The topological polar surface area (TPSA) is 71.1 Å². The lowest BCUT2D eigenvalue weighted by molar-refractivity contribution is -0.137. The fourth-order valence-electron chi connectivity index (χ4n) is 5.13. The van der Waals surface area contributed by atoms with Gasteiger partial charge in [0.25, 0.3) is 0 Å². The molecule has 5 rings (SSSR count). The van der Waals surface area contributed by atoms with Crippen molar-refractivity contribution in [2.45, 2.75) is 50.2 Å². The van der Waals surface area contributed by atoms with E-state index in [9.17, 15) is 9.59 Å². The summed E-state index contributed by atoms with van der Waals surface area (Å²) < 4.78 is 11.2. The van der Waals surface area contributed by atoms with Crippen LogP contribution in [-0.2, 0) is 9.59 Å². The second-order valence-electron chi connectivity index (χ2n) is 8.45. The number of nitrogens with zero attached hydrogens (tertiary/aromatic N) is 2. The Kier molecular flexibility index (Phi) is 4.42. The van der Waals surface area contributed by atoms with Gasteiger partial charge >= 0.3 is 0 Å². The number of hydrogen-bond donors (Lipinski definition) is 1. The Morgan fingerprint density at radius 2 is 1.86 bits per heavy atom. The van der Waals surface area contributed by atoms with Crippen LogP contribution in [0.5, 0.6) is 11.5 Å². The molecule has 1 N–H and O–H groups in total. The third-order valence-electron chi connectivity index (χ3n) is 6.66. The maximum Gasteiger partial charge on any atom is 0.228 e. The zero-order valence-corrected chi connectivity index (χ0v) is 16.2. The summed E-state index contributed by atoms with van der Waals surface area (Å²) in [6, 6.07) is 6.91. The molecule has 7 heteroatoms. The molecule has 3 fully saturated rings. The van der Waals surface area contributed by atoms with Crippen LogP contribution in [0.25, 0.3) is 0 Å². The van der Waals surface area contributed by atoms with E-state index in [0.717, 1.165) is 18.5 Å². The van der Waals surface area contributed by atoms with Gasteiger partial charge < -0.3 is 24.6 Å². The summed E-state index contributed by atoms with van der Waals surface area (Å²) >= 11 is 0. The molecule has 0 saturated carbocycles. The molecule has 0 spiro atoms. The summed E-state index contributed by atoms with van der Waals surface area (Å²) in [4.78, 5) is 29.4. The van der Waals surface area contributed by atoms with Crippen LogP contribution in [0.4, 0.5) is 5.69 Å². The number of anilines is 1. The van der Waals surface area contributed by atoms with Gasteiger partial charge in [0.15, 0.2) is 11.5 Å². The van der Waals surface area contributed by atoms with Crippen LogP contribution >= 0.6 is 0 Å². The van der Waals surface area contributed by atoms with E-state index in [0.29, 0.717) is 43.3 Å². The molecule has 1 aromatic carbocycles. The van der Waals surface area contributed by atoms with Crippen LogP contribution in [-0.4, -0.2) is 61.6 Å². The van der Waals surface area contributed by atoms with Gasteiger partial charge in [0.05, 0.1) is 5.92 Å². The van der Waals surface area contributed by atoms with Crippen LogP contribution in [0.3, 0.4) is 0 Å². The normalized spacial score (nSPS) is 31.2. The van der Waals surface area contributed by atoms with E-state index < -0.39 is 0 Å². The van der Waals surface area contributed by atoms with Gasteiger partial charge in [0.1, 0.15) is 13.2 Å². The molecule has 150 valence electrons. The lowest BCUT2D eigenvalue weighted by Gasteiger charge is -2.36. The van der Waals surface area contributed by atoms with Gasteiger partial charge in [-0.25, -0.2) is 0 Å². The summed E-state index contributed by atoms with van der Waals surface area (Å²) in [7, 11) is 1.91. The predicted molar refractivity (Wildman–Crippen MR) is 104 cm³/mol. The summed E-state index contributed by atoms with van der Waals surface area (Å²) in [5.41, 5.74) is 0.770. The van der Waals surface area contributed by atoms with E-state index in [4.69, 9.17) is 9.47 Å². The minimum absolute atomic E-state index is 0.00573.